The molecule has 0 fully saturated rings. The van der Waals surface area contributed by atoms with Crippen molar-refractivity contribution in [1.29, 1.82) is 0 Å². The van der Waals surface area contributed by atoms with Crippen molar-refractivity contribution in [3.05, 3.63) is 46.0 Å². The molecule has 0 aliphatic rings. The number of nitrogens with zero attached hydrogens (tertiary/aromatic N) is 1. The smallest absolute Gasteiger partial charge is 0.387 e. The van der Waals surface area contributed by atoms with Crippen LogP contribution in [0.1, 0.15) is 5.56 Å². The topological polar surface area (TPSA) is 69.4 Å². The van der Waals surface area contributed by atoms with Crippen molar-refractivity contribution >= 4 is 11.9 Å². The van der Waals surface area contributed by atoms with Gasteiger partial charge in [-0.25, -0.2) is 0 Å². The number of halogens is 2. The minimum absolute atomic E-state index is 0.0994. The molecule has 1 aromatic carbocycles. The van der Waals surface area contributed by atoms with Gasteiger partial charge in [0.25, 0.3) is 6.54 Å². The van der Waals surface area contributed by atoms with E-state index in [9.17, 15) is 23.7 Å². The number of ketones is 1. The Morgan fingerprint density at radius 2 is 2.11 bits per heavy atom. The minimum atomic E-state index is -2.98. The van der Waals surface area contributed by atoms with Crippen molar-refractivity contribution in [3.8, 4) is 5.75 Å². The summed E-state index contributed by atoms with van der Waals surface area (Å²) in [6.45, 7) is -3.82. The first-order valence-corrected chi connectivity index (χ1v) is 4.85. The molecule has 1 aromatic rings. The third-order valence-corrected chi connectivity index (χ3v) is 1.87. The van der Waals surface area contributed by atoms with Crippen LogP contribution in [0.15, 0.2) is 30.3 Å². The van der Waals surface area contributed by atoms with E-state index in [1.807, 2.05) is 0 Å². The summed E-state index contributed by atoms with van der Waals surface area (Å²) in [5.74, 6) is -0.829. The Balaban J connectivity index is 2.80. The van der Waals surface area contributed by atoms with E-state index in [0.29, 0.717) is 0 Å². The van der Waals surface area contributed by atoms with Crippen LogP contribution in [0.25, 0.3) is 6.08 Å². The van der Waals surface area contributed by atoms with Gasteiger partial charge in [0.2, 0.25) is 5.78 Å². The van der Waals surface area contributed by atoms with Gasteiger partial charge in [0.15, 0.2) is 0 Å². The molecule has 0 atom stereocenters. The van der Waals surface area contributed by atoms with Crippen LogP contribution in [0.4, 0.5) is 8.78 Å². The van der Waals surface area contributed by atoms with E-state index in [2.05, 4.69) is 4.74 Å². The van der Waals surface area contributed by atoms with E-state index >= 15 is 0 Å². The zero-order valence-corrected chi connectivity index (χ0v) is 9.08. The van der Waals surface area contributed by atoms with Gasteiger partial charge in [-0.05, 0) is 18.2 Å². The van der Waals surface area contributed by atoms with Crippen LogP contribution in [0, 0.1) is 10.1 Å². The van der Waals surface area contributed by atoms with Gasteiger partial charge in [0.05, 0.1) is 0 Å². The molecule has 0 heterocycles. The molecule has 96 valence electrons. The fourth-order valence-electron chi connectivity index (χ4n) is 1.18. The molecule has 0 saturated heterocycles. The van der Waals surface area contributed by atoms with Gasteiger partial charge in [-0.15, -0.1) is 0 Å². The molecule has 0 aliphatic heterocycles. The maximum absolute atomic E-state index is 12.1. The first-order valence-electron chi connectivity index (χ1n) is 4.85. The third kappa shape index (κ3) is 4.69. The molecule has 0 aromatic heterocycles. The highest BCUT2D eigenvalue weighted by atomic mass is 19.3. The minimum Gasteiger partial charge on any atom is -0.434 e. The van der Waals surface area contributed by atoms with Gasteiger partial charge in [-0.3, -0.25) is 14.9 Å². The quantitative estimate of drug-likeness (QED) is 0.444. The zero-order chi connectivity index (χ0) is 13.5. The molecule has 0 aliphatic carbocycles. The number of hydrogen-bond donors (Lipinski definition) is 0. The lowest BCUT2D eigenvalue weighted by Crippen LogP contribution is -2.10. The summed E-state index contributed by atoms with van der Waals surface area (Å²) < 4.78 is 28.4. The van der Waals surface area contributed by atoms with E-state index in [4.69, 9.17) is 0 Å². The van der Waals surface area contributed by atoms with Crippen LogP contribution >= 0.6 is 0 Å². The number of hydrogen-bond acceptors (Lipinski definition) is 4. The Kier molecular flexibility index (Phi) is 4.91. The Hall–Kier alpha value is -2.31. The predicted molar refractivity (Wildman–Crippen MR) is 59.0 cm³/mol. The average molecular weight is 257 g/mol. The van der Waals surface area contributed by atoms with Gasteiger partial charge < -0.3 is 4.74 Å². The summed E-state index contributed by atoms with van der Waals surface area (Å²) in [5.41, 5.74) is 0.245. The predicted octanol–water partition coefficient (Wildman–Crippen LogP) is 2.15. The number of carbonyl (C=O) groups excluding carboxylic acids is 1. The van der Waals surface area contributed by atoms with Gasteiger partial charge in [-0.1, -0.05) is 18.2 Å². The average Bonchev–Trinajstić information content (AvgIpc) is 2.26. The lowest BCUT2D eigenvalue weighted by atomic mass is 10.1. The summed E-state index contributed by atoms with van der Waals surface area (Å²) in [6.07, 6.45) is 2.15. The van der Waals surface area contributed by atoms with Crippen LogP contribution in [-0.2, 0) is 4.79 Å². The molecular weight excluding hydrogens is 248 g/mol. The number of ether oxygens (including phenoxy) is 1. The van der Waals surface area contributed by atoms with Crippen LogP contribution in [0.3, 0.4) is 0 Å². The molecule has 0 radical (unpaired) electrons. The van der Waals surface area contributed by atoms with E-state index in [1.54, 1.807) is 6.07 Å². The lowest BCUT2D eigenvalue weighted by molar-refractivity contribution is -0.466. The fraction of sp³-hybridized carbons (Fsp3) is 0.182. The van der Waals surface area contributed by atoms with Crippen molar-refractivity contribution in [2.24, 2.45) is 0 Å². The molecule has 0 saturated carbocycles. The molecule has 0 amide bonds. The van der Waals surface area contributed by atoms with Crippen molar-refractivity contribution < 1.29 is 23.2 Å². The summed E-state index contributed by atoms with van der Waals surface area (Å²) in [4.78, 5) is 20.3. The molecule has 7 heteroatoms. The van der Waals surface area contributed by atoms with E-state index in [0.717, 1.165) is 6.08 Å². The Labute approximate surface area is 101 Å². The molecule has 0 unspecified atom stereocenters. The van der Waals surface area contributed by atoms with Crippen LogP contribution in [-0.4, -0.2) is 23.9 Å². The van der Waals surface area contributed by atoms with Crippen molar-refractivity contribution in [2.75, 3.05) is 6.54 Å². The second-order valence-electron chi connectivity index (χ2n) is 3.21. The first kappa shape index (κ1) is 13.8. The first-order chi connectivity index (χ1) is 8.49. The van der Waals surface area contributed by atoms with Gasteiger partial charge in [0, 0.05) is 10.5 Å². The molecular formula is C11H9F2NO4. The van der Waals surface area contributed by atoms with Crippen molar-refractivity contribution in [1.82, 2.24) is 0 Å². The summed E-state index contributed by atoms with van der Waals surface area (Å²) >= 11 is 0. The second kappa shape index (κ2) is 6.43. The highest BCUT2D eigenvalue weighted by Gasteiger charge is 2.08. The standard InChI is InChI=1S/C11H9F2NO4/c12-11(13)18-10-4-2-1-3-8(10)5-6-9(15)7-14(16)17/h1-6,11H,7H2. The van der Waals surface area contributed by atoms with Gasteiger partial charge in [0.1, 0.15) is 5.75 Å². The largest absolute Gasteiger partial charge is 0.434 e. The maximum atomic E-state index is 12.1. The molecule has 5 nitrogen and oxygen atoms in total. The third-order valence-electron chi connectivity index (χ3n) is 1.87. The van der Waals surface area contributed by atoms with Crippen LogP contribution in [0.2, 0.25) is 0 Å². The molecule has 18 heavy (non-hydrogen) atoms. The van der Waals surface area contributed by atoms with Crippen LogP contribution < -0.4 is 4.74 Å². The summed E-state index contributed by atoms with van der Waals surface area (Å²) in [6, 6.07) is 5.82. The summed E-state index contributed by atoms with van der Waals surface area (Å²) in [5, 5.41) is 10.1. The number of alkyl halides is 2. The van der Waals surface area contributed by atoms with Crippen molar-refractivity contribution in [3.63, 3.8) is 0 Å². The SMILES string of the molecule is O=C(C=Cc1ccccc1OC(F)F)C[N+](=O)[O-]. The molecule has 0 spiro atoms. The fourth-order valence-corrected chi connectivity index (χ4v) is 1.18. The highest BCUT2D eigenvalue weighted by Crippen LogP contribution is 2.21. The molecule has 0 N–H and O–H groups in total. The Bertz CT molecular complexity index is 474. The van der Waals surface area contributed by atoms with E-state index < -0.39 is 23.9 Å². The Morgan fingerprint density at radius 3 is 2.72 bits per heavy atom. The van der Waals surface area contributed by atoms with E-state index in [-0.39, 0.29) is 11.3 Å². The monoisotopic (exact) mass is 257 g/mol. The molecule has 0 bridgehead atoms. The zero-order valence-electron chi connectivity index (χ0n) is 9.08. The number of rotatable bonds is 6. The van der Waals surface area contributed by atoms with Gasteiger partial charge >= 0.3 is 6.61 Å². The normalized spacial score (nSPS) is 10.8. The Morgan fingerprint density at radius 1 is 1.44 bits per heavy atom. The number of benzene rings is 1. The lowest BCUT2D eigenvalue weighted by Gasteiger charge is -2.06. The number of para-hydroxylation sites is 1. The molecule has 1 rings (SSSR count). The van der Waals surface area contributed by atoms with Gasteiger partial charge in [-0.2, -0.15) is 8.78 Å². The van der Waals surface area contributed by atoms with Crippen molar-refractivity contribution in [2.45, 2.75) is 6.61 Å². The summed E-state index contributed by atoms with van der Waals surface area (Å²) in [7, 11) is 0. The highest BCUT2D eigenvalue weighted by molar-refractivity contribution is 5.94. The number of nitro groups is 1. The van der Waals surface area contributed by atoms with Crippen LogP contribution in [0.5, 0.6) is 5.75 Å². The second-order valence-corrected chi connectivity index (χ2v) is 3.21. The number of carbonyl (C=O) groups is 1. The van der Waals surface area contributed by atoms with E-state index in [1.165, 1.54) is 24.3 Å². The maximum Gasteiger partial charge on any atom is 0.387 e.